The second kappa shape index (κ2) is 6.79. The maximum absolute atomic E-state index is 12.6. The van der Waals surface area contributed by atoms with Crippen molar-refractivity contribution >= 4 is 21.8 Å². The summed E-state index contributed by atoms with van der Waals surface area (Å²) in [6.07, 6.45) is 8.04. The average Bonchev–Trinajstić information content (AvgIpc) is 2.82. The van der Waals surface area contributed by atoms with Gasteiger partial charge in [-0.05, 0) is 54.6 Å². The Labute approximate surface area is 130 Å². The summed E-state index contributed by atoms with van der Waals surface area (Å²) in [6.45, 7) is 6.42. The third-order valence-electron chi connectivity index (χ3n) is 4.35. The molecule has 112 valence electrons. The molecule has 1 amide bonds. The molecule has 0 aliphatic heterocycles. The second-order valence-electron chi connectivity index (χ2n) is 6.08. The van der Waals surface area contributed by atoms with Crippen LogP contribution in [0.3, 0.4) is 0 Å². The van der Waals surface area contributed by atoms with Crippen LogP contribution in [0, 0.1) is 5.92 Å². The van der Waals surface area contributed by atoms with E-state index in [4.69, 9.17) is 0 Å². The van der Waals surface area contributed by atoms with Crippen LogP contribution in [0.5, 0.6) is 0 Å². The van der Waals surface area contributed by atoms with E-state index in [1.807, 2.05) is 16.8 Å². The number of amides is 1. The molecule has 0 saturated heterocycles. The van der Waals surface area contributed by atoms with Crippen molar-refractivity contribution in [1.82, 2.24) is 9.88 Å². The van der Waals surface area contributed by atoms with Gasteiger partial charge in [-0.3, -0.25) is 4.79 Å². The number of nitrogens with zero attached hydrogens (tertiary/aromatic N) is 1. The van der Waals surface area contributed by atoms with Crippen molar-refractivity contribution in [2.45, 2.75) is 65.0 Å². The molecular formula is C16H25BrN2O. The quantitative estimate of drug-likeness (QED) is 0.858. The minimum Gasteiger partial charge on any atom is -0.348 e. The van der Waals surface area contributed by atoms with Gasteiger partial charge in [-0.25, -0.2) is 0 Å². The molecule has 1 heterocycles. The maximum Gasteiger partial charge on any atom is 0.268 e. The number of aromatic nitrogens is 1. The molecule has 2 unspecified atom stereocenters. The van der Waals surface area contributed by atoms with Crippen LogP contribution in [-0.4, -0.2) is 16.5 Å². The highest BCUT2D eigenvalue weighted by atomic mass is 79.9. The first-order chi connectivity index (χ1) is 9.52. The average molecular weight is 341 g/mol. The van der Waals surface area contributed by atoms with Crippen LogP contribution in [0.2, 0.25) is 0 Å². The van der Waals surface area contributed by atoms with E-state index in [0.717, 1.165) is 23.0 Å². The van der Waals surface area contributed by atoms with E-state index in [2.05, 4.69) is 42.0 Å². The molecule has 20 heavy (non-hydrogen) atoms. The number of carbonyl (C=O) groups is 1. The lowest BCUT2D eigenvalue weighted by Gasteiger charge is -2.31. The summed E-state index contributed by atoms with van der Waals surface area (Å²) in [6, 6.07) is 2.55. The molecule has 2 atom stereocenters. The van der Waals surface area contributed by atoms with Gasteiger partial charge in [0.2, 0.25) is 0 Å². The fourth-order valence-corrected chi connectivity index (χ4v) is 3.62. The van der Waals surface area contributed by atoms with Crippen molar-refractivity contribution in [3.8, 4) is 0 Å². The van der Waals surface area contributed by atoms with Gasteiger partial charge in [-0.2, -0.15) is 0 Å². The van der Waals surface area contributed by atoms with Crippen molar-refractivity contribution in [2.24, 2.45) is 5.92 Å². The minimum atomic E-state index is 0.0646. The van der Waals surface area contributed by atoms with Crippen molar-refractivity contribution in [3.63, 3.8) is 0 Å². The summed E-state index contributed by atoms with van der Waals surface area (Å²) in [5, 5.41) is 3.26. The number of hydrogen-bond acceptors (Lipinski definition) is 1. The van der Waals surface area contributed by atoms with E-state index < -0.39 is 0 Å². The van der Waals surface area contributed by atoms with Gasteiger partial charge in [0.1, 0.15) is 5.69 Å². The largest absolute Gasteiger partial charge is 0.348 e. The lowest BCUT2D eigenvalue weighted by Crippen LogP contribution is -2.42. The van der Waals surface area contributed by atoms with Crippen LogP contribution in [-0.2, 0) is 0 Å². The highest BCUT2D eigenvalue weighted by molar-refractivity contribution is 9.10. The second-order valence-corrected chi connectivity index (χ2v) is 6.99. The van der Waals surface area contributed by atoms with Crippen LogP contribution in [0.4, 0.5) is 0 Å². The molecule has 1 aliphatic rings. The first-order valence-corrected chi connectivity index (χ1v) is 8.50. The predicted octanol–water partition coefficient (Wildman–Crippen LogP) is 4.53. The van der Waals surface area contributed by atoms with Crippen LogP contribution < -0.4 is 5.32 Å². The molecule has 1 aromatic rings. The summed E-state index contributed by atoms with van der Waals surface area (Å²) in [7, 11) is 0. The topological polar surface area (TPSA) is 34.0 Å². The summed E-state index contributed by atoms with van der Waals surface area (Å²) in [5.74, 6) is 0.702. The Hall–Kier alpha value is -0.770. The first kappa shape index (κ1) is 15.6. The lowest BCUT2D eigenvalue weighted by atomic mass is 9.83. The third kappa shape index (κ3) is 3.46. The van der Waals surface area contributed by atoms with Gasteiger partial charge in [0.25, 0.3) is 5.91 Å². The highest BCUT2D eigenvalue weighted by Gasteiger charge is 2.26. The number of rotatable bonds is 4. The molecule has 0 radical (unpaired) electrons. The first-order valence-electron chi connectivity index (χ1n) is 7.71. The molecule has 2 rings (SSSR count). The Balaban J connectivity index is 2.11. The standard InChI is InChI=1S/C16H25BrN2O/c1-4-12-7-5-6-8-14(12)18-16(20)15-9-13(17)10-19(15)11(2)3/h9-12,14H,4-8H2,1-3H3,(H,18,20). The van der Waals surface area contributed by atoms with Crippen molar-refractivity contribution in [1.29, 1.82) is 0 Å². The van der Waals surface area contributed by atoms with Crippen molar-refractivity contribution in [3.05, 3.63) is 22.4 Å². The van der Waals surface area contributed by atoms with E-state index in [1.165, 1.54) is 19.3 Å². The summed E-state index contributed by atoms with van der Waals surface area (Å²) >= 11 is 3.47. The van der Waals surface area contributed by atoms with Gasteiger partial charge in [0.15, 0.2) is 0 Å². The van der Waals surface area contributed by atoms with Gasteiger partial charge in [0, 0.05) is 22.8 Å². The molecule has 1 fully saturated rings. The SMILES string of the molecule is CCC1CCCCC1NC(=O)c1cc(Br)cn1C(C)C. The molecular weight excluding hydrogens is 316 g/mol. The minimum absolute atomic E-state index is 0.0646. The zero-order chi connectivity index (χ0) is 14.7. The molecule has 1 saturated carbocycles. The fraction of sp³-hybridized carbons (Fsp3) is 0.688. The van der Waals surface area contributed by atoms with Crippen LogP contribution in [0.25, 0.3) is 0 Å². The highest BCUT2D eigenvalue weighted by Crippen LogP contribution is 2.27. The Kier molecular flexibility index (Phi) is 5.30. The number of carbonyl (C=O) groups excluding carboxylic acids is 1. The van der Waals surface area contributed by atoms with Crippen LogP contribution in [0.1, 0.15) is 69.4 Å². The lowest BCUT2D eigenvalue weighted by molar-refractivity contribution is 0.0893. The molecule has 3 nitrogen and oxygen atoms in total. The monoisotopic (exact) mass is 340 g/mol. The third-order valence-corrected chi connectivity index (χ3v) is 4.79. The Morgan fingerprint density at radius 2 is 2.15 bits per heavy atom. The molecule has 1 aliphatic carbocycles. The molecule has 0 aromatic carbocycles. The molecule has 0 bridgehead atoms. The van der Waals surface area contributed by atoms with Crippen molar-refractivity contribution in [2.75, 3.05) is 0 Å². The normalized spacial score (nSPS) is 23.1. The van der Waals surface area contributed by atoms with E-state index in [-0.39, 0.29) is 11.9 Å². The molecule has 4 heteroatoms. The fourth-order valence-electron chi connectivity index (χ4n) is 3.18. The van der Waals surface area contributed by atoms with Gasteiger partial charge < -0.3 is 9.88 Å². The van der Waals surface area contributed by atoms with E-state index in [0.29, 0.717) is 12.0 Å². The van der Waals surface area contributed by atoms with E-state index in [9.17, 15) is 4.79 Å². The summed E-state index contributed by atoms with van der Waals surface area (Å²) in [4.78, 5) is 12.6. The zero-order valence-corrected chi connectivity index (χ0v) is 14.2. The van der Waals surface area contributed by atoms with Crippen molar-refractivity contribution < 1.29 is 4.79 Å². The Bertz CT molecular complexity index is 467. The van der Waals surface area contributed by atoms with Gasteiger partial charge in [-0.1, -0.05) is 26.2 Å². The molecule has 1 aromatic heterocycles. The van der Waals surface area contributed by atoms with Gasteiger partial charge in [-0.15, -0.1) is 0 Å². The Morgan fingerprint density at radius 1 is 1.45 bits per heavy atom. The maximum atomic E-state index is 12.6. The number of hydrogen-bond donors (Lipinski definition) is 1. The zero-order valence-electron chi connectivity index (χ0n) is 12.7. The van der Waals surface area contributed by atoms with E-state index >= 15 is 0 Å². The molecule has 1 N–H and O–H groups in total. The van der Waals surface area contributed by atoms with Gasteiger partial charge >= 0.3 is 0 Å². The van der Waals surface area contributed by atoms with Crippen LogP contribution in [0.15, 0.2) is 16.7 Å². The van der Waals surface area contributed by atoms with Crippen LogP contribution >= 0.6 is 15.9 Å². The van der Waals surface area contributed by atoms with E-state index in [1.54, 1.807) is 0 Å². The molecule has 0 spiro atoms. The summed E-state index contributed by atoms with van der Waals surface area (Å²) in [5.41, 5.74) is 0.757. The van der Waals surface area contributed by atoms with Gasteiger partial charge in [0.05, 0.1) is 0 Å². The summed E-state index contributed by atoms with van der Waals surface area (Å²) < 4.78 is 3.00. The Morgan fingerprint density at radius 3 is 2.80 bits per heavy atom. The smallest absolute Gasteiger partial charge is 0.268 e. The number of halogens is 1. The number of nitrogens with one attached hydrogen (secondary N) is 1. The predicted molar refractivity (Wildman–Crippen MR) is 86.0 cm³/mol.